The van der Waals surface area contributed by atoms with Crippen LogP contribution < -0.4 is 0 Å². The molecule has 2 heteroatoms. The van der Waals surface area contributed by atoms with Gasteiger partial charge < -0.3 is 0 Å². The summed E-state index contributed by atoms with van der Waals surface area (Å²) in [4.78, 5) is 14.0. The molecule has 0 aromatic rings. The first kappa shape index (κ1) is 12.7. The second-order valence-corrected chi connectivity index (χ2v) is 5.10. The largest absolute Gasteiger partial charge is 0.298 e. The summed E-state index contributed by atoms with van der Waals surface area (Å²) in [7, 11) is 0. The number of hydrogen-bond acceptors (Lipinski definition) is 2. The maximum absolute atomic E-state index is 11.6. The molecule has 1 unspecified atom stereocenters. The molecule has 0 N–H and O–H groups in total. The molecule has 1 atom stereocenters. The molecular formula is C13H25NO. The van der Waals surface area contributed by atoms with Crippen LogP contribution in [0.15, 0.2) is 0 Å². The average Bonchev–Trinajstić information content (AvgIpc) is 2.43. The molecule has 1 rings (SSSR count). The summed E-state index contributed by atoms with van der Waals surface area (Å²) >= 11 is 0. The van der Waals surface area contributed by atoms with Crippen molar-refractivity contribution in [2.24, 2.45) is 11.8 Å². The first-order valence-corrected chi connectivity index (χ1v) is 6.38. The zero-order chi connectivity index (χ0) is 11.3. The molecule has 0 radical (unpaired) electrons. The molecule has 1 heterocycles. The summed E-state index contributed by atoms with van der Waals surface area (Å²) in [5.41, 5.74) is 0. The van der Waals surface area contributed by atoms with Gasteiger partial charge in [-0.25, -0.2) is 0 Å². The maximum Gasteiger partial charge on any atom is 0.149 e. The second-order valence-electron chi connectivity index (χ2n) is 5.10. The standard InChI is InChI=1S/C13H25NO/c1-4-12-6-5-8-14(9-7-12)10-13(15)11(2)3/h11-12H,4-10H2,1-3H3. The summed E-state index contributed by atoms with van der Waals surface area (Å²) in [6.45, 7) is 9.18. The lowest BCUT2D eigenvalue weighted by molar-refractivity contribution is -0.123. The molecular weight excluding hydrogens is 186 g/mol. The Balaban J connectivity index is 2.34. The van der Waals surface area contributed by atoms with E-state index in [0.29, 0.717) is 12.3 Å². The van der Waals surface area contributed by atoms with E-state index in [1.165, 1.54) is 25.7 Å². The molecule has 2 nitrogen and oxygen atoms in total. The highest BCUT2D eigenvalue weighted by Gasteiger charge is 2.18. The Hall–Kier alpha value is -0.370. The van der Waals surface area contributed by atoms with Crippen LogP contribution in [0.25, 0.3) is 0 Å². The molecule has 1 aliphatic rings. The van der Waals surface area contributed by atoms with Crippen LogP contribution in [0, 0.1) is 11.8 Å². The third-order valence-corrected chi connectivity index (χ3v) is 3.54. The van der Waals surface area contributed by atoms with E-state index in [9.17, 15) is 4.79 Å². The van der Waals surface area contributed by atoms with Crippen LogP contribution >= 0.6 is 0 Å². The predicted molar refractivity (Wildman–Crippen MR) is 63.9 cm³/mol. The number of hydrogen-bond donors (Lipinski definition) is 0. The Kier molecular flexibility index (Phi) is 5.30. The molecule has 0 aromatic carbocycles. The molecule has 88 valence electrons. The van der Waals surface area contributed by atoms with Gasteiger partial charge in [-0.15, -0.1) is 0 Å². The lowest BCUT2D eigenvalue weighted by Gasteiger charge is -2.20. The van der Waals surface area contributed by atoms with E-state index in [2.05, 4.69) is 11.8 Å². The number of ketones is 1. The molecule has 0 aromatic heterocycles. The van der Waals surface area contributed by atoms with Crippen molar-refractivity contribution in [1.82, 2.24) is 4.90 Å². The van der Waals surface area contributed by atoms with Crippen molar-refractivity contribution in [3.05, 3.63) is 0 Å². The lowest BCUT2D eigenvalue weighted by Crippen LogP contribution is -2.32. The van der Waals surface area contributed by atoms with Crippen LogP contribution in [0.2, 0.25) is 0 Å². The highest BCUT2D eigenvalue weighted by molar-refractivity contribution is 5.82. The van der Waals surface area contributed by atoms with Gasteiger partial charge in [-0.1, -0.05) is 27.2 Å². The fraction of sp³-hybridized carbons (Fsp3) is 0.923. The van der Waals surface area contributed by atoms with Gasteiger partial charge in [-0.05, 0) is 38.3 Å². The molecule has 0 saturated carbocycles. The Morgan fingerprint density at radius 1 is 1.33 bits per heavy atom. The minimum Gasteiger partial charge on any atom is -0.298 e. The smallest absolute Gasteiger partial charge is 0.149 e. The average molecular weight is 211 g/mol. The van der Waals surface area contributed by atoms with Gasteiger partial charge in [0.2, 0.25) is 0 Å². The van der Waals surface area contributed by atoms with Gasteiger partial charge in [0.05, 0.1) is 6.54 Å². The molecule has 0 spiro atoms. The zero-order valence-electron chi connectivity index (χ0n) is 10.5. The van der Waals surface area contributed by atoms with E-state index in [1.807, 2.05) is 13.8 Å². The van der Waals surface area contributed by atoms with E-state index in [-0.39, 0.29) is 5.92 Å². The fourth-order valence-corrected chi connectivity index (χ4v) is 2.19. The minimum atomic E-state index is 0.190. The number of rotatable bonds is 4. The SMILES string of the molecule is CCC1CCCN(CC(=O)C(C)C)CC1. The highest BCUT2D eigenvalue weighted by Crippen LogP contribution is 2.20. The number of likely N-dealkylation sites (tertiary alicyclic amines) is 1. The van der Waals surface area contributed by atoms with Crippen LogP contribution in [0.1, 0.15) is 46.5 Å². The summed E-state index contributed by atoms with van der Waals surface area (Å²) in [6, 6.07) is 0. The van der Waals surface area contributed by atoms with Crippen LogP contribution in [0.4, 0.5) is 0 Å². The first-order chi connectivity index (χ1) is 7.13. The molecule has 0 amide bonds. The van der Waals surface area contributed by atoms with Crippen molar-refractivity contribution >= 4 is 5.78 Å². The van der Waals surface area contributed by atoms with Crippen LogP contribution in [-0.2, 0) is 4.79 Å². The third-order valence-electron chi connectivity index (χ3n) is 3.54. The van der Waals surface area contributed by atoms with E-state index < -0.39 is 0 Å². The van der Waals surface area contributed by atoms with Gasteiger partial charge in [0.25, 0.3) is 0 Å². The van der Waals surface area contributed by atoms with Gasteiger partial charge in [-0.2, -0.15) is 0 Å². The van der Waals surface area contributed by atoms with Crippen molar-refractivity contribution < 1.29 is 4.79 Å². The molecule has 1 fully saturated rings. The van der Waals surface area contributed by atoms with Crippen molar-refractivity contribution in [2.45, 2.75) is 46.5 Å². The molecule has 15 heavy (non-hydrogen) atoms. The van der Waals surface area contributed by atoms with Gasteiger partial charge in [0.1, 0.15) is 5.78 Å². The highest BCUT2D eigenvalue weighted by atomic mass is 16.1. The van der Waals surface area contributed by atoms with Crippen molar-refractivity contribution in [2.75, 3.05) is 19.6 Å². The quantitative estimate of drug-likeness (QED) is 0.712. The molecule has 0 bridgehead atoms. The third kappa shape index (κ3) is 4.33. The van der Waals surface area contributed by atoms with E-state index >= 15 is 0 Å². The summed E-state index contributed by atoms with van der Waals surface area (Å²) < 4.78 is 0. The first-order valence-electron chi connectivity index (χ1n) is 6.38. The Bertz CT molecular complexity index is 201. The number of carbonyl (C=O) groups excluding carboxylic acids is 1. The normalized spacial score (nSPS) is 24.1. The van der Waals surface area contributed by atoms with Gasteiger partial charge in [0.15, 0.2) is 0 Å². The fourth-order valence-electron chi connectivity index (χ4n) is 2.19. The molecule has 0 aliphatic carbocycles. The Morgan fingerprint density at radius 3 is 2.67 bits per heavy atom. The number of Topliss-reactive ketones (excluding diaryl/α,β-unsaturated/α-hetero) is 1. The van der Waals surface area contributed by atoms with Gasteiger partial charge in [-0.3, -0.25) is 9.69 Å². The minimum absolute atomic E-state index is 0.190. The zero-order valence-corrected chi connectivity index (χ0v) is 10.5. The maximum atomic E-state index is 11.6. The topological polar surface area (TPSA) is 20.3 Å². The molecule has 1 aliphatic heterocycles. The van der Waals surface area contributed by atoms with Crippen LogP contribution in [0.5, 0.6) is 0 Å². The van der Waals surface area contributed by atoms with E-state index in [1.54, 1.807) is 0 Å². The number of carbonyl (C=O) groups is 1. The van der Waals surface area contributed by atoms with Crippen LogP contribution in [-0.4, -0.2) is 30.3 Å². The van der Waals surface area contributed by atoms with Gasteiger partial charge in [0, 0.05) is 5.92 Å². The lowest BCUT2D eigenvalue weighted by atomic mass is 9.98. The summed E-state index contributed by atoms with van der Waals surface area (Å²) in [5.74, 6) is 1.48. The summed E-state index contributed by atoms with van der Waals surface area (Å²) in [5, 5.41) is 0. The van der Waals surface area contributed by atoms with Gasteiger partial charge >= 0.3 is 0 Å². The van der Waals surface area contributed by atoms with Crippen molar-refractivity contribution in [1.29, 1.82) is 0 Å². The van der Waals surface area contributed by atoms with E-state index in [4.69, 9.17) is 0 Å². The summed E-state index contributed by atoms with van der Waals surface area (Å²) in [6.07, 6.45) is 5.20. The van der Waals surface area contributed by atoms with Crippen LogP contribution in [0.3, 0.4) is 0 Å². The van der Waals surface area contributed by atoms with Crippen molar-refractivity contribution in [3.8, 4) is 0 Å². The predicted octanol–water partition coefficient (Wildman–Crippen LogP) is 2.72. The second kappa shape index (κ2) is 6.26. The number of nitrogens with zero attached hydrogens (tertiary/aromatic N) is 1. The monoisotopic (exact) mass is 211 g/mol. The van der Waals surface area contributed by atoms with E-state index in [0.717, 1.165) is 19.0 Å². The Morgan fingerprint density at radius 2 is 2.07 bits per heavy atom. The Labute approximate surface area is 94.0 Å². The van der Waals surface area contributed by atoms with Crippen molar-refractivity contribution in [3.63, 3.8) is 0 Å². The molecule has 1 saturated heterocycles.